The number of hydrogen-bond donors (Lipinski definition) is 2. The summed E-state index contributed by atoms with van der Waals surface area (Å²) in [7, 11) is -2.45. The third kappa shape index (κ3) is 5.43. The first-order valence-electron chi connectivity index (χ1n) is 9.91. The molecule has 0 saturated heterocycles. The first-order valence-corrected chi connectivity index (χ1v) is 11.4. The molecule has 3 aromatic carbocycles. The van der Waals surface area contributed by atoms with Gasteiger partial charge in [-0.25, -0.2) is 8.42 Å². The number of benzene rings is 3. The largest absolute Gasteiger partial charge is 0.377 e. The van der Waals surface area contributed by atoms with Crippen molar-refractivity contribution in [1.29, 1.82) is 0 Å². The lowest BCUT2D eigenvalue weighted by Crippen LogP contribution is -2.16. The molecule has 1 atom stereocenters. The Balaban J connectivity index is 1.84. The van der Waals surface area contributed by atoms with Crippen LogP contribution in [-0.4, -0.2) is 27.0 Å². The van der Waals surface area contributed by atoms with Gasteiger partial charge in [-0.15, -0.1) is 0 Å². The molecule has 0 heterocycles. The zero-order valence-corrected chi connectivity index (χ0v) is 18.8. The molecule has 8 nitrogen and oxygen atoms in total. The topological polar surface area (TPSA) is 111 Å². The van der Waals surface area contributed by atoms with E-state index in [9.17, 15) is 18.5 Å². The molecule has 9 heteroatoms. The van der Waals surface area contributed by atoms with Crippen molar-refractivity contribution in [2.45, 2.75) is 24.8 Å². The molecule has 0 aromatic heterocycles. The summed E-state index contributed by atoms with van der Waals surface area (Å²) in [5, 5.41) is 14.7. The molecule has 3 aromatic rings. The van der Waals surface area contributed by atoms with Crippen molar-refractivity contribution in [3.63, 3.8) is 0 Å². The molecule has 2 N–H and O–H groups in total. The monoisotopic (exact) mass is 455 g/mol. The molecular formula is C23H25N3O5S. The maximum atomic E-state index is 12.8. The Morgan fingerprint density at radius 1 is 1.00 bits per heavy atom. The fraction of sp³-hybridized carbons (Fsp3) is 0.217. The first kappa shape index (κ1) is 23.2. The van der Waals surface area contributed by atoms with E-state index in [0.29, 0.717) is 5.69 Å². The van der Waals surface area contributed by atoms with Gasteiger partial charge in [0, 0.05) is 19.7 Å². The van der Waals surface area contributed by atoms with Crippen LogP contribution in [-0.2, 0) is 14.8 Å². The van der Waals surface area contributed by atoms with E-state index in [0.717, 1.165) is 22.8 Å². The number of hydrogen-bond acceptors (Lipinski definition) is 6. The van der Waals surface area contributed by atoms with Crippen molar-refractivity contribution >= 4 is 27.1 Å². The Hall–Kier alpha value is -3.43. The Kier molecular flexibility index (Phi) is 7.12. The smallest absolute Gasteiger partial charge is 0.293 e. The number of rotatable bonds is 9. The normalized spacial score (nSPS) is 12.2. The van der Waals surface area contributed by atoms with Crippen molar-refractivity contribution in [3.8, 4) is 0 Å². The van der Waals surface area contributed by atoms with Crippen LogP contribution in [0.25, 0.3) is 0 Å². The van der Waals surface area contributed by atoms with Crippen molar-refractivity contribution in [3.05, 3.63) is 93.5 Å². The Morgan fingerprint density at radius 3 is 2.31 bits per heavy atom. The van der Waals surface area contributed by atoms with Crippen LogP contribution in [0.3, 0.4) is 0 Å². The first-order chi connectivity index (χ1) is 15.2. The molecule has 32 heavy (non-hydrogen) atoms. The van der Waals surface area contributed by atoms with Crippen LogP contribution in [0.15, 0.2) is 71.6 Å². The van der Waals surface area contributed by atoms with Gasteiger partial charge in [-0.2, -0.15) is 0 Å². The summed E-state index contributed by atoms with van der Waals surface area (Å²) in [5.74, 6) is 0. The molecule has 0 unspecified atom stereocenters. The minimum atomic E-state index is -4.01. The standard InChI is InChI=1S/C23H25N3O5S/c1-16-9-11-20(17(2)13-16)25-32(29,30)19-10-12-21(22(14-19)26(27)28)24-15-23(31-3)18-7-5-4-6-8-18/h4-14,23-25H,15H2,1-3H3/t23-/m1/s1. The average molecular weight is 456 g/mol. The number of aryl methyl sites for hydroxylation is 2. The number of nitrogens with zero attached hydrogens (tertiary/aromatic N) is 1. The SMILES string of the molecule is CO[C@H](CNc1ccc(S(=O)(=O)Nc2ccc(C)cc2C)cc1[N+](=O)[O-])c1ccccc1. The van der Waals surface area contributed by atoms with Crippen LogP contribution in [0.1, 0.15) is 22.8 Å². The van der Waals surface area contributed by atoms with E-state index in [2.05, 4.69) is 10.0 Å². The minimum Gasteiger partial charge on any atom is -0.377 e. The maximum Gasteiger partial charge on any atom is 0.293 e. The van der Waals surface area contributed by atoms with E-state index < -0.39 is 14.9 Å². The van der Waals surface area contributed by atoms with Gasteiger partial charge in [0.05, 0.1) is 21.6 Å². The second-order valence-corrected chi connectivity index (χ2v) is 9.06. The molecule has 0 amide bonds. The number of nitro benzene ring substituents is 1. The fourth-order valence-corrected chi connectivity index (χ4v) is 4.47. The Labute approximate surface area is 187 Å². The van der Waals surface area contributed by atoms with Gasteiger partial charge in [0.15, 0.2) is 0 Å². The van der Waals surface area contributed by atoms with Crippen molar-refractivity contribution in [2.24, 2.45) is 0 Å². The Bertz CT molecular complexity index is 1210. The number of nitro groups is 1. The highest BCUT2D eigenvalue weighted by Crippen LogP contribution is 2.30. The van der Waals surface area contributed by atoms with Gasteiger partial charge in [-0.1, -0.05) is 48.0 Å². The van der Waals surface area contributed by atoms with E-state index in [1.807, 2.05) is 43.3 Å². The lowest BCUT2D eigenvalue weighted by molar-refractivity contribution is -0.384. The molecule has 0 aliphatic rings. The summed E-state index contributed by atoms with van der Waals surface area (Å²) < 4.78 is 33.7. The number of anilines is 2. The molecular weight excluding hydrogens is 430 g/mol. The predicted molar refractivity (Wildman–Crippen MR) is 125 cm³/mol. The second kappa shape index (κ2) is 9.80. The highest BCUT2D eigenvalue weighted by molar-refractivity contribution is 7.92. The van der Waals surface area contributed by atoms with E-state index >= 15 is 0 Å². The summed E-state index contributed by atoms with van der Waals surface area (Å²) in [6, 6.07) is 18.6. The van der Waals surface area contributed by atoms with Crippen molar-refractivity contribution in [1.82, 2.24) is 0 Å². The quantitative estimate of drug-likeness (QED) is 0.354. The molecule has 0 spiro atoms. The molecule has 0 radical (unpaired) electrons. The van der Waals surface area contributed by atoms with Gasteiger partial charge in [0.1, 0.15) is 5.69 Å². The van der Waals surface area contributed by atoms with Gasteiger partial charge in [-0.05, 0) is 43.2 Å². The number of methoxy groups -OCH3 is 1. The third-order valence-electron chi connectivity index (χ3n) is 5.04. The molecule has 0 saturated carbocycles. The molecule has 0 aliphatic carbocycles. The number of ether oxygens (including phenoxy) is 1. The lowest BCUT2D eigenvalue weighted by Gasteiger charge is -2.17. The van der Waals surface area contributed by atoms with E-state index in [1.54, 1.807) is 26.2 Å². The zero-order chi connectivity index (χ0) is 23.3. The van der Waals surface area contributed by atoms with Gasteiger partial charge < -0.3 is 10.1 Å². The second-order valence-electron chi connectivity index (χ2n) is 7.38. The highest BCUT2D eigenvalue weighted by atomic mass is 32.2. The van der Waals surface area contributed by atoms with Gasteiger partial charge in [0.25, 0.3) is 15.7 Å². The third-order valence-corrected chi connectivity index (χ3v) is 6.40. The molecule has 0 aliphatic heterocycles. The molecule has 3 rings (SSSR count). The fourth-order valence-electron chi connectivity index (χ4n) is 3.32. The van der Waals surface area contributed by atoms with Gasteiger partial charge >= 0.3 is 0 Å². The highest BCUT2D eigenvalue weighted by Gasteiger charge is 2.23. The Morgan fingerprint density at radius 2 is 1.69 bits per heavy atom. The van der Waals surface area contributed by atoms with Crippen molar-refractivity contribution < 1.29 is 18.1 Å². The summed E-state index contributed by atoms with van der Waals surface area (Å²) in [6.45, 7) is 3.97. The van der Waals surface area contributed by atoms with Gasteiger partial charge in [-0.3, -0.25) is 14.8 Å². The molecule has 0 fully saturated rings. The maximum absolute atomic E-state index is 12.8. The van der Waals surface area contributed by atoms with E-state index in [1.165, 1.54) is 12.1 Å². The van der Waals surface area contributed by atoms with E-state index in [-0.39, 0.29) is 28.9 Å². The van der Waals surface area contributed by atoms with E-state index in [4.69, 9.17) is 4.74 Å². The summed E-state index contributed by atoms with van der Waals surface area (Å²) >= 11 is 0. The van der Waals surface area contributed by atoms with Crippen molar-refractivity contribution in [2.75, 3.05) is 23.7 Å². The van der Waals surface area contributed by atoms with Crippen LogP contribution in [0.2, 0.25) is 0 Å². The molecule has 168 valence electrons. The average Bonchev–Trinajstić information content (AvgIpc) is 2.76. The summed E-state index contributed by atoms with van der Waals surface area (Å²) in [5.41, 5.74) is 2.97. The van der Waals surface area contributed by atoms with Crippen LogP contribution < -0.4 is 10.0 Å². The van der Waals surface area contributed by atoms with Crippen LogP contribution in [0.5, 0.6) is 0 Å². The number of sulfonamides is 1. The predicted octanol–water partition coefficient (Wildman–Crippen LogP) is 4.81. The van der Waals surface area contributed by atoms with Crippen LogP contribution >= 0.6 is 0 Å². The lowest BCUT2D eigenvalue weighted by atomic mass is 10.1. The minimum absolute atomic E-state index is 0.193. The summed E-state index contributed by atoms with van der Waals surface area (Å²) in [4.78, 5) is 10.9. The van der Waals surface area contributed by atoms with Crippen LogP contribution in [0.4, 0.5) is 17.1 Å². The number of nitrogens with one attached hydrogen (secondary N) is 2. The van der Waals surface area contributed by atoms with Gasteiger partial charge in [0.2, 0.25) is 0 Å². The zero-order valence-electron chi connectivity index (χ0n) is 18.0. The molecule has 0 bridgehead atoms. The van der Waals surface area contributed by atoms with Crippen LogP contribution in [0, 0.1) is 24.0 Å². The summed E-state index contributed by atoms with van der Waals surface area (Å²) in [6.07, 6.45) is -0.328.